The molecule has 1 aliphatic heterocycles. The first-order valence-corrected chi connectivity index (χ1v) is 6.21. The maximum atomic E-state index is 12.9. The van der Waals surface area contributed by atoms with Gasteiger partial charge in [0.1, 0.15) is 12.1 Å². The molecule has 2 heterocycles. The molecule has 0 spiro atoms. The molecule has 0 amide bonds. The Morgan fingerprint density at radius 2 is 1.89 bits per heavy atom. The van der Waals surface area contributed by atoms with Crippen molar-refractivity contribution in [2.45, 2.75) is 18.9 Å². The summed E-state index contributed by atoms with van der Waals surface area (Å²) in [6.45, 7) is 2.04. The molecule has 1 saturated heterocycles. The van der Waals surface area contributed by atoms with Gasteiger partial charge < -0.3 is 9.88 Å². The first-order valence-electron chi connectivity index (χ1n) is 6.21. The highest BCUT2D eigenvalue weighted by atomic mass is 19.1. The number of rotatable bonds is 2. The molecule has 2 aromatic rings. The quantitative estimate of drug-likeness (QED) is 0.881. The van der Waals surface area contributed by atoms with Crippen molar-refractivity contribution in [1.82, 2.24) is 20.1 Å². The van der Waals surface area contributed by atoms with E-state index < -0.39 is 0 Å². The molecule has 1 aliphatic rings. The standard InChI is InChI=1S/C13H15FN4/c14-11-3-1-10(2-4-11)13-17-16-9-18(13)12-5-7-15-8-6-12/h1-4,9,12,15H,5-8H2. The predicted octanol–water partition coefficient (Wildman–Crippen LogP) is 2.01. The molecule has 0 atom stereocenters. The third-order valence-corrected chi connectivity index (χ3v) is 3.38. The first-order chi connectivity index (χ1) is 8.84. The van der Waals surface area contributed by atoms with E-state index in [4.69, 9.17) is 0 Å². The zero-order chi connectivity index (χ0) is 12.4. The van der Waals surface area contributed by atoms with Gasteiger partial charge in [-0.15, -0.1) is 10.2 Å². The fourth-order valence-electron chi connectivity index (χ4n) is 2.40. The summed E-state index contributed by atoms with van der Waals surface area (Å²) in [5, 5.41) is 11.5. The molecule has 5 heteroatoms. The molecule has 0 unspecified atom stereocenters. The highest BCUT2D eigenvalue weighted by molar-refractivity contribution is 5.54. The molecule has 1 fully saturated rings. The molecular formula is C13H15FN4. The summed E-state index contributed by atoms with van der Waals surface area (Å²) < 4.78 is 15.0. The predicted molar refractivity (Wildman–Crippen MR) is 66.6 cm³/mol. The molecule has 4 nitrogen and oxygen atoms in total. The number of aromatic nitrogens is 3. The number of piperidine rings is 1. The number of benzene rings is 1. The van der Waals surface area contributed by atoms with Crippen LogP contribution in [0.3, 0.4) is 0 Å². The van der Waals surface area contributed by atoms with Crippen molar-refractivity contribution in [1.29, 1.82) is 0 Å². The molecule has 94 valence electrons. The van der Waals surface area contributed by atoms with Crippen LogP contribution in [-0.4, -0.2) is 27.9 Å². The van der Waals surface area contributed by atoms with Crippen molar-refractivity contribution >= 4 is 0 Å². The second-order valence-electron chi connectivity index (χ2n) is 4.55. The molecule has 1 aromatic carbocycles. The van der Waals surface area contributed by atoms with Crippen LogP contribution in [0.1, 0.15) is 18.9 Å². The Labute approximate surface area is 105 Å². The Morgan fingerprint density at radius 1 is 1.17 bits per heavy atom. The van der Waals surface area contributed by atoms with Crippen LogP contribution in [0.4, 0.5) is 4.39 Å². The molecule has 18 heavy (non-hydrogen) atoms. The van der Waals surface area contributed by atoms with Crippen LogP contribution < -0.4 is 5.32 Å². The van der Waals surface area contributed by atoms with Crippen molar-refractivity contribution in [2.24, 2.45) is 0 Å². The zero-order valence-electron chi connectivity index (χ0n) is 10.0. The Morgan fingerprint density at radius 3 is 2.61 bits per heavy atom. The van der Waals surface area contributed by atoms with E-state index in [-0.39, 0.29) is 5.82 Å². The van der Waals surface area contributed by atoms with Gasteiger partial charge in [-0.3, -0.25) is 0 Å². The second kappa shape index (κ2) is 4.86. The lowest BCUT2D eigenvalue weighted by molar-refractivity contribution is 0.370. The van der Waals surface area contributed by atoms with E-state index in [1.165, 1.54) is 12.1 Å². The smallest absolute Gasteiger partial charge is 0.164 e. The van der Waals surface area contributed by atoms with E-state index in [9.17, 15) is 4.39 Å². The molecule has 0 saturated carbocycles. The normalized spacial score (nSPS) is 16.9. The summed E-state index contributed by atoms with van der Waals surface area (Å²) in [6, 6.07) is 6.84. The highest BCUT2D eigenvalue weighted by Gasteiger charge is 2.18. The molecule has 0 bridgehead atoms. The lowest BCUT2D eigenvalue weighted by Gasteiger charge is -2.24. The Hall–Kier alpha value is -1.75. The van der Waals surface area contributed by atoms with Crippen LogP contribution in [0, 0.1) is 5.82 Å². The summed E-state index contributed by atoms with van der Waals surface area (Å²) in [6.07, 6.45) is 3.92. The molecule has 0 aliphatic carbocycles. The molecule has 1 N–H and O–H groups in total. The van der Waals surface area contributed by atoms with Crippen LogP contribution >= 0.6 is 0 Å². The van der Waals surface area contributed by atoms with E-state index >= 15 is 0 Å². The van der Waals surface area contributed by atoms with Crippen LogP contribution in [0.25, 0.3) is 11.4 Å². The largest absolute Gasteiger partial charge is 0.317 e. The summed E-state index contributed by atoms with van der Waals surface area (Å²) in [5.41, 5.74) is 0.910. The molecule has 0 radical (unpaired) electrons. The monoisotopic (exact) mass is 246 g/mol. The van der Waals surface area contributed by atoms with E-state index in [0.29, 0.717) is 6.04 Å². The third-order valence-electron chi connectivity index (χ3n) is 3.38. The molecule has 1 aromatic heterocycles. The second-order valence-corrected chi connectivity index (χ2v) is 4.55. The molecule has 3 rings (SSSR count). The van der Waals surface area contributed by atoms with E-state index in [1.54, 1.807) is 18.5 Å². The maximum Gasteiger partial charge on any atom is 0.164 e. The van der Waals surface area contributed by atoms with Gasteiger partial charge in [0, 0.05) is 11.6 Å². The summed E-state index contributed by atoms with van der Waals surface area (Å²) >= 11 is 0. The fraction of sp³-hybridized carbons (Fsp3) is 0.385. The average Bonchev–Trinajstić information content (AvgIpc) is 2.90. The molecular weight excluding hydrogens is 231 g/mol. The Kier molecular flexibility index (Phi) is 3.06. The van der Waals surface area contributed by atoms with Gasteiger partial charge in [0.25, 0.3) is 0 Å². The van der Waals surface area contributed by atoms with Gasteiger partial charge in [-0.05, 0) is 50.2 Å². The highest BCUT2D eigenvalue weighted by Crippen LogP contribution is 2.25. The van der Waals surface area contributed by atoms with Crippen molar-refractivity contribution in [3.63, 3.8) is 0 Å². The Balaban J connectivity index is 1.93. The zero-order valence-corrected chi connectivity index (χ0v) is 10.0. The number of nitrogens with zero attached hydrogens (tertiary/aromatic N) is 3. The van der Waals surface area contributed by atoms with Gasteiger partial charge >= 0.3 is 0 Å². The van der Waals surface area contributed by atoms with Crippen molar-refractivity contribution in [3.05, 3.63) is 36.4 Å². The summed E-state index contributed by atoms with van der Waals surface area (Å²) in [4.78, 5) is 0. The fourth-order valence-corrected chi connectivity index (χ4v) is 2.40. The van der Waals surface area contributed by atoms with Crippen molar-refractivity contribution in [2.75, 3.05) is 13.1 Å². The number of hydrogen-bond donors (Lipinski definition) is 1. The SMILES string of the molecule is Fc1ccc(-c2nncn2C2CCNCC2)cc1. The summed E-state index contributed by atoms with van der Waals surface area (Å²) in [7, 11) is 0. The Bertz CT molecular complexity index is 514. The number of nitrogens with one attached hydrogen (secondary N) is 1. The van der Waals surface area contributed by atoms with Gasteiger partial charge in [0.15, 0.2) is 5.82 Å². The van der Waals surface area contributed by atoms with Crippen LogP contribution in [-0.2, 0) is 0 Å². The average molecular weight is 246 g/mol. The van der Waals surface area contributed by atoms with Crippen LogP contribution in [0.15, 0.2) is 30.6 Å². The van der Waals surface area contributed by atoms with Gasteiger partial charge in [-0.2, -0.15) is 0 Å². The minimum atomic E-state index is -0.230. The first kappa shape index (κ1) is 11.3. The van der Waals surface area contributed by atoms with E-state index in [1.807, 2.05) is 0 Å². The van der Waals surface area contributed by atoms with Crippen molar-refractivity contribution in [3.8, 4) is 11.4 Å². The van der Waals surface area contributed by atoms with Gasteiger partial charge in [0.05, 0.1) is 0 Å². The number of halogens is 1. The minimum absolute atomic E-state index is 0.230. The lowest BCUT2D eigenvalue weighted by Crippen LogP contribution is -2.29. The van der Waals surface area contributed by atoms with Gasteiger partial charge in [-0.25, -0.2) is 4.39 Å². The maximum absolute atomic E-state index is 12.9. The lowest BCUT2D eigenvalue weighted by atomic mass is 10.1. The van der Waals surface area contributed by atoms with Gasteiger partial charge in [-0.1, -0.05) is 0 Å². The van der Waals surface area contributed by atoms with E-state index in [0.717, 1.165) is 37.3 Å². The van der Waals surface area contributed by atoms with Gasteiger partial charge in [0.2, 0.25) is 0 Å². The van der Waals surface area contributed by atoms with Crippen LogP contribution in [0.5, 0.6) is 0 Å². The number of hydrogen-bond acceptors (Lipinski definition) is 3. The third kappa shape index (κ3) is 2.13. The van der Waals surface area contributed by atoms with E-state index in [2.05, 4.69) is 20.1 Å². The van der Waals surface area contributed by atoms with Crippen LogP contribution in [0.2, 0.25) is 0 Å². The topological polar surface area (TPSA) is 42.7 Å². The summed E-state index contributed by atoms with van der Waals surface area (Å²) in [5.74, 6) is 0.591. The van der Waals surface area contributed by atoms with Crippen molar-refractivity contribution < 1.29 is 4.39 Å². The minimum Gasteiger partial charge on any atom is -0.317 e.